The van der Waals surface area contributed by atoms with Crippen LogP contribution in [-0.2, 0) is 14.2 Å². The first kappa shape index (κ1) is 27.3. The molecule has 1 aromatic heterocycles. The van der Waals surface area contributed by atoms with Crippen molar-refractivity contribution in [3.8, 4) is 5.75 Å². The van der Waals surface area contributed by atoms with Crippen LogP contribution in [0, 0.1) is 11.6 Å². The summed E-state index contributed by atoms with van der Waals surface area (Å²) in [5, 5.41) is 1.81. The Labute approximate surface area is 244 Å². The van der Waals surface area contributed by atoms with E-state index in [4.69, 9.17) is 18.9 Å². The lowest BCUT2D eigenvalue weighted by atomic mass is 9.91. The zero-order valence-electron chi connectivity index (χ0n) is 23.2. The molecule has 0 radical (unpaired) electrons. The number of hydrogen-bond acceptors (Lipinski definition) is 9. The molecule has 13 heteroatoms. The van der Waals surface area contributed by atoms with E-state index in [1.54, 1.807) is 17.9 Å². The molecule has 4 aliphatic heterocycles. The van der Waals surface area contributed by atoms with Gasteiger partial charge in [-0.15, -0.1) is 0 Å². The van der Waals surface area contributed by atoms with Crippen molar-refractivity contribution in [1.29, 1.82) is 0 Å². The summed E-state index contributed by atoms with van der Waals surface area (Å²) in [6.07, 6.45) is -0.419. The topological polar surface area (TPSA) is 103 Å². The minimum Gasteiger partial charge on any atom is -0.434 e. The molecule has 3 aromatic rings. The average Bonchev–Trinajstić information content (AvgIpc) is 3.14. The molecule has 2 aromatic carbocycles. The number of rotatable bonds is 3. The summed E-state index contributed by atoms with van der Waals surface area (Å²) in [5.41, 5.74) is 1.28. The first-order valence-corrected chi connectivity index (χ1v) is 14.1. The lowest BCUT2D eigenvalue weighted by molar-refractivity contribution is -0.0197. The van der Waals surface area contributed by atoms with Gasteiger partial charge in [-0.25, -0.2) is 13.6 Å². The van der Waals surface area contributed by atoms with E-state index in [0.29, 0.717) is 18.7 Å². The van der Waals surface area contributed by atoms with Gasteiger partial charge in [0.1, 0.15) is 12.2 Å². The third-order valence-corrected chi connectivity index (χ3v) is 8.33. The van der Waals surface area contributed by atoms with Crippen molar-refractivity contribution in [2.45, 2.75) is 25.2 Å². The molecular formula is C30H28F2N4O7. The normalized spacial score (nSPS) is 22.4. The summed E-state index contributed by atoms with van der Waals surface area (Å²) in [5.74, 6) is -2.99. The van der Waals surface area contributed by atoms with Crippen molar-refractivity contribution in [2.75, 3.05) is 56.0 Å². The van der Waals surface area contributed by atoms with Crippen molar-refractivity contribution in [3.05, 3.63) is 92.9 Å². The maximum absolute atomic E-state index is 15.9. The number of halogens is 2. The highest BCUT2D eigenvalue weighted by molar-refractivity contribution is 5.97. The fraction of sp³-hybridized carbons (Fsp3) is 0.367. The maximum atomic E-state index is 15.9. The molecule has 3 unspecified atom stereocenters. The zero-order chi connectivity index (χ0) is 29.8. The standard InChI is InChI=1S/C30H28F2N4O7/c1-2-42-30(39)43-28-22(37)9-10-35-27(28)29(38)34-12-14-41-16-23(34)36(35)26-17-5-3-4-6-20(17)33-11-13-40-15-21(33)24-18(26)7-8-19(31)25(24)32/h3-10,21,23,26H,2,11-16H2,1H3. The van der Waals surface area contributed by atoms with Crippen molar-refractivity contribution < 1.29 is 37.3 Å². The lowest BCUT2D eigenvalue weighted by Gasteiger charge is -2.51. The van der Waals surface area contributed by atoms with Crippen LogP contribution in [0.2, 0.25) is 0 Å². The second-order valence-corrected chi connectivity index (χ2v) is 10.5. The van der Waals surface area contributed by atoms with Gasteiger partial charge in [-0.2, -0.15) is 0 Å². The van der Waals surface area contributed by atoms with Crippen LogP contribution < -0.4 is 20.1 Å². The van der Waals surface area contributed by atoms with Gasteiger partial charge in [-0.1, -0.05) is 24.3 Å². The van der Waals surface area contributed by atoms with E-state index in [1.165, 1.54) is 16.9 Å². The number of benzene rings is 2. The number of anilines is 1. The van der Waals surface area contributed by atoms with Crippen molar-refractivity contribution in [1.82, 2.24) is 9.58 Å². The summed E-state index contributed by atoms with van der Waals surface area (Å²) in [6, 6.07) is 9.98. The Morgan fingerprint density at radius 3 is 2.56 bits per heavy atom. The molecule has 0 saturated carbocycles. The number of nitrogens with zero attached hydrogens (tertiary/aromatic N) is 4. The minimum absolute atomic E-state index is 0.0000527. The zero-order valence-corrected chi connectivity index (χ0v) is 23.2. The Hall–Kier alpha value is -4.49. The number of fused-ring (bicyclic) bond motifs is 7. The van der Waals surface area contributed by atoms with Crippen molar-refractivity contribution >= 4 is 17.7 Å². The summed E-state index contributed by atoms with van der Waals surface area (Å²) in [4.78, 5) is 42.9. The largest absolute Gasteiger partial charge is 0.514 e. The monoisotopic (exact) mass is 594 g/mol. The van der Waals surface area contributed by atoms with Crippen LogP contribution in [0.4, 0.5) is 19.3 Å². The summed E-state index contributed by atoms with van der Waals surface area (Å²) in [6.45, 7) is 3.10. The Kier molecular flexibility index (Phi) is 6.78. The van der Waals surface area contributed by atoms with Crippen LogP contribution >= 0.6 is 0 Å². The van der Waals surface area contributed by atoms with Gasteiger partial charge in [0.15, 0.2) is 17.3 Å². The number of aromatic nitrogens is 1. The Balaban J connectivity index is 1.52. The fourth-order valence-electron chi connectivity index (χ4n) is 6.57. The molecule has 2 fully saturated rings. The number of para-hydroxylation sites is 1. The Morgan fingerprint density at radius 1 is 0.977 bits per heavy atom. The van der Waals surface area contributed by atoms with Crippen LogP contribution in [0.15, 0.2) is 53.5 Å². The predicted molar refractivity (Wildman–Crippen MR) is 148 cm³/mol. The molecule has 0 bridgehead atoms. The molecule has 0 N–H and O–H groups in total. The molecule has 2 saturated heterocycles. The SMILES string of the molecule is CCOC(=O)Oc1c2n(ccc1=O)N(C1c3ccccc3N3CCOCC3c3c1ccc(F)c3F)C1COCCN1C2=O. The van der Waals surface area contributed by atoms with Crippen LogP contribution in [0.1, 0.15) is 46.2 Å². The van der Waals surface area contributed by atoms with Crippen molar-refractivity contribution in [3.63, 3.8) is 0 Å². The van der Waals surface area contributed by atoms with Crippen LogP contribution in [0.5, 0.6) is 5.75 Å². The third-order valence-electron chi connectivity index (χ3n) is 8.33. The quantitative estimate of drug-likeness (QED) is 0.424. The molecule has 4 aliphatic rings. The highest BCUT2D eigenvalue weighted by Gasteiger charge is 2.48. The van der Waals surface area contributed by atoms with Crippen LogP contribution in [0.25, 0.3) is 0 Å². The van der Waals surface area contributed by atoms with E-state index >= 15 is 4.39 Å². The molecule has 5 heterocycles. The first-order valence-electron chi connectivity index (χ1n) is 14.1. The van der Waals surface area contributed by atoms with Gasteiger partial charge in [0, 0.05) is 42.2 Å². The maximum Gasteiger partial charge on any atom is 0.514 e. The van der Waals surface area contributed by atoms with Gasteiger partial charge in [0.05, 0.1) is 39.1 Å². The van der Waals surface area contributed by atoms with E-state index in [2.05, 4.69) is 0 Å². The van der Waals surface area contributed by atoms with E-state index in [-0.39, 0.29) is 44.2 Å². The highest BCUT2D eigenvalue weighted by Crippen LogP contribution is 2.48. The molecule has 11 nitrogen and oxygen atoms in total. The van der Waals surface area contributed by atoms with E-state index in [9.17, 15) is 18.8 Å². The summed E-state index contributed by atoms with van der Waals surface area (Å²) in [7, 11) is 0. The van der Waals surface area contributed by atoms with Crippen LogP contribution in [-0.4, -0.2) is 73.9 Å². The molecule has 7 rings (SSSR count). The molecule has 43 heavy (non-hydrogen) atoms. The van der Waals surface area contributed by atoms with Gasteiger partial charge >= 0.3 is 6.16 Å². The number of pyridine rings is 1. The van der Waals surface area contributed by atoms with E-state index in [0.717, 1.165) is 17.3 Å². The van der Waals surface area contributed by atoms with Gasteiger partial charge < -0.3 is 28.7 Å². The summed E-state index contributed by atoms with van der Waals surface area (Å²) >= 11 is 0. The number of hydrogen-bond donors (Lipinski definition) is 0. The number of carbonyl (C=O) groups is 2. The van der Waals surface area contributed by atoms with E-state index in [1.807, 2.05) is 34.2 Å². The number of ether oxygens (including phenoxy) is 4. The van der Waals surface area contributed by atoms with Gasteiger partial charge in [0.2, 0.25) is 11.2 Å². The predicted octanol–water partition coefficient (Wildman–Crippen LogP) is 3.09. The number of carbonyl (C=O) groups excluding carboxylic acids is 2. The molecule has 0 aliphatic carbocycles. The molecule has 3 atom stereocenters. The second-order valence-electron chi connectivity index (χ2n) is 10.5. The Bertz CT molecular complexity index is 1680. The molecular weight excluding hydrogens is 566 g/mol. The molecule has 224 valence electrons. The number of amides is 1. The highest BCUT2D eigenvalue weighted by atomic mass is 19.2. The smallest absolute Gasteiger partial charge is 0.434 e. The summed E-state index contributed by atoms with van der Waals surface area (Å²) < 4.78 is 54.1. The first-order chi connectivity index (χ1) is 20.9. The third kappa shape index (κ3) is 4.25. The van der Waals surface area contributed by atoms with Gasteiger partial charge in [0.25, 0.3) is 5.91 Å². The van der Waals surface area contributed by atoms with Gasteiger partial charge in [-0.05, 0) is 24.6 Å². The molecule has 0 spiro atoms. The average molecular weight is 595 g/mol. The lowest BCUT2D eigenvalue weighted by Crippen LogP contribution is -2.66. The van der Waals surface area contributed by atoms with E-state index < -0.39 is 53.1 Å². The van der Waals surface area contributed by atoms with Crippen molar-refractivity contribution in [2.24, 2.45) is 0 Å². The second kappa shape index (κ2) is 10.7. The fourth-order valence-corrected chi connectivity index (χ4v) is 6.57. The van der Waals surface area contributed by atoms with Crippen LogP contribution in [0.3, 0.4) is 0 Å². The van der Waals surface area contributed by atoms with Gasteiger partial charge in [-0.3, -0.25) is 19.3 Å². The number of morpholine rings is 2. The Morgan fingerprint density at radius 2 is 1.74 bits per heavy atom. The minimum atomic E-state index is -1.13. The molecule has 1 amide bonds.